The second kappa shape index (κ2) is 9.30. The topological polar surface area (TPSA) is 83.5 Å². The van der Waals surface area contributed by atoms with Crippen molar-refractivity contribution in [2.45, 2.75) is 27.7 Å². The largest absolute Gasteiger partial charge is 0.488 e. The zero-order valence-electron chi connectivity index (χ0n) is 17.8. The van der Waals surface area contributed by atoms with Gasteiger partial charge in [0.1, 0.15) is 19.0 Å². The first-order chi connectivity index (χ1) is 14.3. The number of hydrogen-bond acceptors (Lipinski definition) is 6. The lowest BCUT2D eigenvalue weighted by atomic mass is 9.83. The van der Waals surface area contributed by atoms with Crippen molar-refractivity contribution < 1.29 is 9.57 Å². The van der Waals surface area contributed by atoms with E-state index in [0.29, 0.717) is 29.0 Å². The molecular formula is C21H26ClN5O3. The Hall–Kier alpha value is -2.87. The van der Waals surface area contributed by atoms with E-state index >= 15 is 0 Å². The highest BCUT2D eigenvalue weighted by molar-refractivity contribution is 6.32. The van der Waals surface area contributed by atoms with Gasteiger partial charge in [0.25, 0.3) is 0 Å². The molecule has 0 saturated heterocycles. The highest BCUT2D eigenvalue weighted by atomic mass is 35.5. The molecule has 0 saturated carbocycles. The lowest BCUT2D eigenvalue weighted by Gasteiger charge is -2.26. The molecule has 3 rings (SSSR count). The number of ether oxygens (including phenoxy) is 1. The van der Waals surface area contributed by atoms with E-state index in [9.17, 15) is 4.79 Å². The number of aromatic nitrogens is 4. The molecule has 0 amide bonds. The quantitative estimate of drug-likeness (QED) is 0.494. The number of oxime groups is 1. The number of allylic oxidation sites excluding steroid dienone is 3. The normalized spacial score (nSPS) is 19.3. The van der Waals surface area contributed by atoms with Gasteiger partial charge in [0, 0.05) is 12.6 Å². The van der Waals surface area contributed by atoms with Gasteiger partial charge in [-0.15, -0.1) is 0 Å². The van der Waals surface area contributed by atoms with Crippen molar-refractivity contribution >= 4 is 23.0 Å². The minimum atomic E-state index is -0.305. The molecule has 160 valence electrons. The van der Waals surface area contributed by atoms with Gasteiger partial charge in [0.2, 0.25) is 0 Å². The van der Waals surface area contributed by atoms with Crippen LogP contribution in [0.2, 0.25) is 5.02 Å². The number of nitrogens with zero attached hydrogens (tertiary/aromatic N) is 5. The summed E-state index contributed by atoms with van der Waals surface area (Å²) in [6.07, 6.45) is 3.96. The molecule has 9 heteroatoms. The van der Waals surface area contributed by atoms with Crippen molar-refractivity contribution in [3.05, 3.63) is 57.0 Å². The Morgan fingerprint density at radius 2 is 2.07 bits per heavy atom. The molecule has 0 radical (unpaired) electrons. The molecule has 0 aliphatic heterocycles. The molecular weight excluding hydrogens is 406 g/mol. The third kappa shape index (κ3) is 4.48. The maximum absolute atomic E-state index is 12.4. The van der Waals surface area contributed by atoms with E-state index in [0.717, 1.165) is 16.8 Å². The van der Waals surface area contributed by atoms with Crippen LogP contribution in [0.5, 0.6) is 5.75 Å². The van der Waals surface area contributed by atoms with Crippen LogP contribution in [0.25, 0.3) is 5.70 Å². The van der Waals surface area contributed by atoms with Crippen LogP contribution >= 0.6 is 11.6 Å². The van der Waals surface area contributed by atoms with E-state index < -0.39 is 0 Å². The van der Waals surface area contributed by atoms with E-state index in [1.807, 2.05) is 32.1 Å². The summed E-state index contributed by atoms with van der Waals surface area (Å²) in [6.45, 7) is 8.74. The highest BCUT2D eigenvalue weighted by Crippen LogP contribution is 2.33. The third-order valence-electron chi connectivity index (χ3n) is 5.24. The Morgan fingerprint density at radius 3 is 2.70 bits per heavy atom. The van der Waals surface area contributed by atoms with Gasteiger partial charge in [-0.05, 0) is 66.0 Å². The van der Waals surface area contributed by atoms with Gasteiger partial charge >= 0.3 is 5.69 Å². The van der Waals surface area contributed by atoms with Crippen LogP contribution in [-0.2, 0) is 11.9 Å². The Morgan fingerprint density at radius 1 is 1.30 bits per heavy atom. The Labute approximate surface area is 180 Å². The molecule has 1 heterocycles. The standard InChI is InChI=1S/C21H26ClN5O3/c1-6-30-23-15(4)16-8-10-20(18(22)11-16)29-12-17-14(3)13(2)7-9-19(17)27-21(28)26(5)24-25-27/h7-11,13-14H,6,12H2,1-5H3/b23-15-. The van der Waals surface area contributed by atoms with Crippen molar-refractivity contribution in [3.63, 3.8) is 0 Å². The maximum Gasteiger partial charge on any atom is 0.368 e. The predicted octanol–water partition coefficient (Wildman–Crippen LogP) is 3.52. The fraction of sp³-hybridized carbons (Fsp3) is 0.429. The van der Waals surface area contributed by atoms with Crippen molar-refractivity contribution in [1.29, 1.82) is 0 Å². The van der Waals surface area contributed by atoms with Gasteiger partial charge in [-0.25, -0.2) is 4.79 Å². The van der Waals surface area contributed by atoms with Gasteiger partial charge in [-0.1, -0.05) is 36.7 Å². The number of aryl methyl sites for hydroxylation is 1. The van der Waals surface area contributed by atoms with E-state index in [1.165, 1.54) is 9.36 Å². The van der Waals surface area contributed by atoms with E-state index in [1.54, 1.807) is 13.1 Å². The summed E-state index contributed by atoms with van der Waals surface area (Å²) in [6, 6.07) is 5.49. The van der Waals surface area contributed by atoms with Crippen LogP contribution < -0.4 is 10.4 Å². The molecule has 8 nitrogen and oxygen atoms in total. The maximum atomic E-state index is 12.4. The predicted molar refractivity (Wildman–Crippen MR) is 117 cm³/mol. The first-order valence-electron chi connectivity index (χ1n) is 9.83. The monoisotopic (exact) mass is 431 g/mol. The zero-order chi connectivity index (χ0) is 21.8. The van der Waals surface area contributed by atoms with Gasteiger partial charge in [0.05, 0.1) is 16.4 Å². The minimum absolute atomic E-state index is 0.164. The Bertz CT molecular complexity index is 1070. The summed E-state index contributed by atoms with van der Waals surface area (Å²) in [5, 5.41) is 12.3. The lowest BCUT2D eigenvalue weighted by molar-refractivity contribution is 0.159. The summed E-state index contributed by atoms with van der Waals surface area (Å²) in [4.78, 5) is 17.5. The van der Waals surface area contributed by atoms with Crippen molar-refractivity contribution in [2.75, 3.05) is 13.2 Å². The fourth-order valence-electron chi connectivity index (χ4n) is 3.16. The van der Waals surface area contributed by atoms with Gasteiger partial charge in [-0.2, -0.15) is 9.36 Å². The van der Waals surface area contributed by atoms with Crippen LogP contribution in [0.3, 0.4) is 0 Å². The molecule has 30 heavy (non-hydrogen) atoms. The van der Waals surface area contributed by atoms with E-state index in [-0.39, 0.29) is 18.2 Å². The second-order valence-corrected chi connectivity index (χ2v) is 7.65. The molecule has 0 spiro atoms. The molecule has 1 aliphatic carbocycles. The van der Waals surface area contributed by atoms with E-state index in [4.69, 9.17) is 21.2 Å². The van der Waals surface area contributed by atoms with Crippen molar-refractivity contribution in [2.24, 2.45) is 24.0 Å². The lowest BCUT2D eigenvalue weighted by Crippen LogP contribution is -2.27. The smallest absolute Gasteiger partial charge is 0.368 e. The van der Waals surface area contributed by atoms with Crippen LogP contribution in [0.4, 0.5) is 0 Å². The molecule has 2 unspecified atom stereocenters. The zero-order valence-corrected chi connectivity index (χ0v) is 18.6. The second-order valence-electron chi connectivity index (χ2n) is 7.24. The average Bonchev–Trinajstić information content (AvgIpc) is 3.06. The van der Waals surface area contributed by atoms with Gasteiger partial charge in [-0.3, -0.25) is 0 Å². The number of hydrogen-bond donors (Lipinski definition) is 0. The molecule has 0 fully saturated rings. The summed E-state index contributed by atoms with van der Waals surface area (Å²) < 4.78 is 8.54. The molecule has 2 atom stereocenters. The summed E-state index contributed by atoms with van der Waals surface area (Å²) >= 11 is 6.44. The molecule has 1 aromatic heterocycles. The SMILES string of the molecule is CCO/N=C(/C)c1ccc(OCC2=C(n3nnn(C)c3=O)C=CC(C)C2C)c(Cl)c1. The number of rotatable bonds is 7. The number of tetrazole rings is 1. The van der Waals surface area contributed by atoms with Gasteiger partial charge < -0.3 is 9.57 Å². The summed E-state index contributed by atoms with van der Waals surface area (Å²) in [5.74, 6) is 1.02. The van der Waals surface area contributed by atoms with Crippen molar-refractivity contribution in [3.8, 4) is 5.75 Å². The van der Waals surface area contributed by atoms with Crippen LogP contribution in [0, 0.1) is 11.8 Å². The molecule has 0 N–H and O–H groups in total. The minimum Gasteiger partial charge on any atom is -0.488 e. The Kier molecular flexibility index (Phi) is 6.77. The highest BCUT2D eigenvalue weighted by Gasteiger charge is 2.25. The summed E-state index contributed by atoms with van der Waals surface area (Å²) in [7, 11) is 1.57. The summed E-state index contributed by atoms with van der Waals surface area (Å²) in [5.41, 5.74) is 2.93. The van der Waals surface area contributed by atoms with E-state index in [2.05, 4.69) is 35.5 Å². The third-order valence-corrected chi connectivity index (χ3v) is 5.53. The van der Waals surface area contributed by atoms with Crippen LogP contribution in [-0.4, -0.2) is 38.7 Å². The van der Waals surface area contributed by atoms with Crippen LogP contribution in [0.1, 0.15) is 33.3 Å². The Balaban J connectivity index is 1.87. The average molecular weight is 432 g/mol. The number of benzene rings is 1. The molecule has 1 aliphatic rings. The molecule has 1 aromatic carbocycles. The first-order valence-corrected chi connectivity index (χ1v) is 10.2. The van der Waals surface area contributed by atoms with Crippen LogP contribution in [0.15, 0.2) is 45.9 Å². The van der Waals surface area contributed by atoms with Gasteiger partial charge in [0.15, 0.2) is 0 Å². The molecule has 0 bridgehead atoms. The number of halogens is 1. The first kappa shape index (κ1) is 21.8. The van der Waals surface area contributed by atoms with Crippen molar-refractivity contribution in [1.82, 2.24) is 19.8 Å². The fourth-order valence-corrected chi connectivity index (χ4v) is 3.39. The molecule has 2 aromatic rings.